The molecular formula is C16H22Cl4OSi. The fourth-order valence-corrected chi connectivity index (χ4v) is 3.43. The Labute approximate surface area is 154 Å². The molecule has 1 aromatic carbocycles. The summed E-state index contributed by atoms with van der Waals surface area (Å²) in [5, 5.41) is 0.725. The molecule has 0 bridgehead atoms. The summed E-state index contributed by atoms with van der Waals surface area (Å²) in [6, 6.07) is 7.45. The summed E-state index contributed by atoms with van der Waals surface area (Å²) in [5.41, 5.74) is 0.975. The fraction of sp³-hybridized carbons (Fsp3) is 0.500. The third-order valence-electron chi connectivity index (χ3n) is 3.88. The number of benzene rings is 1. The van der Waals surface area contributed by atoms with E-state index >= 15 is 0 Å². The van der Waals surface area contributed by atoms with Crippen LogP contribution in [0.5, 0.6) is 0 Å². The van der Waals surface area contributed by atoms with E-state index in [0.29, 0.717) is 5.02 Å². The Morgan fingerprint density at radius 1 is 1.05 bits per heavy atom. The number of hydrogen-bond donors (Lipinski definition) is 0. The first kappa shape index (κ1) is 20.3. The molecule has 1 atom stereocenters. The van der Waals surface area contributed by atoms with E-state index in [9.17, 15) is 0 Å². The van der Waals surface area contributed by atoms with Crippen LogP contribution in [0.25, 0.3) is 6.08 Å². The second-order valence-electron chi connectivity index (χ2n) is 6.75. The number of halogens is 4. The van der Waals surface area contributed by atoms with Crippen LogP contribution in [0.15, 0.2) is 30.3 Å². The van der Waals surface area contributed by atoms with Gasteiger partial charge in [0.05, 0.1) is 0 Å². The lowest BCUT2D eigenvalue weighted by Gasteiger charge is -2.40. The lowest BCUT2D eigenvalue weighted by molar-refractivity contribution is 0.229. The van der Waals surface area contributed by atoms with E-state index < -0.39 is 18.2 Å². The first-order valence-electron chi connectivity index (χ1n) is 7.01. The zero-order valence-electron chi connectivity index (χ0n) is 13.5. The van der Waals surface area contributed by atoms with Crippen molar-refractivity contribution in [1.82, 2.24) is 0 Å². The molecule has 6 heteroatoms. The van der Waals surface area contributed by atoms with Crippen molar-refractivity contribution in [3.8, 4) is 0 Å². The SMILES string of the molecule is CC(C)(C)[Si](C)(C)O[C@@H](/C=C/c1ccc(Cl)cc1)C(Cl)(Cl)Cl. The minimum Gasteiger partial charge on any atom is -0.406 e. The highest BCUT2D eigenvalue weighted by Crippen LogP contribution is 2.42. The molecule has 0 radical (unpaired) electrons. The van der Waals surface area contributed by atoms with Crippen molar-refractivity contribution in [2.45, 2.75) is 48.8 Å². The molecule has 1 rings (SSSR count). The van der Waals surface area contributed by atoms with Crippen molar-refractivity contribution in [1.29, 1.82) is 0 Å². The van der Waals surface area contributed by atoms with Gasteiger partial charge in [-0.05, 0) is 35.8 Å². The van der Waals surface area contributed by atoms with Crippen LogP contribution in [-0.4, -0.2) is 18.2 Å². The molecule has 0 aliphatic carbocycles. The van der Waals surface area contributed by atoms with Gasteiger partial charge in [0.1, 0.15) is 6.10 Å². The zero-order chi connectivity index (χ0) is 17.2. The molecule has 0 saturated carbocycles. The third kappa shape index (κ3) is 6.07. The van der Waals surface area contributed by atoms with Gasteiger partial charge >= 0.3 is 0 Å². The van der Waals surface area contributed by atoms with E-state index in [-0.39, 0.29) is 5.04 Å². The quantitative estimate of drug-likeness (QED) is 0.387. The monoisotopic (exact) mass is 398 g/mol. The first-order valence-corrected chi connectivity index (χ1v) is 11.4. The minimum absolute atomic E-state index is 0.0370. The predicted octanol–water partition coefficient (Wildman–Crippen LogP) is 7.11. The smallest absolute Gasteiger partial charge is 0.218 e. The van der Waals surface area contributed by atoms with Crippen LogP contribution in [0.1, 0.15) is 26.3 Å². The van der Waals surface area contributed by atoms with Crippen molar-refractivity contribution in [3.63, 3.8) is 0 Å². The van der Waals surface area contributed by atoms with Crippen molar-refractivity contribution >= 4 is 60.8 Å². The van der Waals surface area contributed by atoms with Gasteiger partial charge in [0.15, 0.2) is 8.32 Å². The average molecular weight is 400 g/mol. The van der Waals surface area contributed by atoms with Gasteiger partial charge in [0.2, 0.25) is 3.79 Å². The Morgan fingerprint density at radius 2 is 1.55 bits per heavy atom. The van der Waals surface area contributed by atoms with E-state index in [1.54, 1.807) is 6.08 Å². The van der Waals surface area contributed by atoms with E-state index in [1.165, 1.54) is 0 Å². The molecule has 1 aromatic rings. The molecule has 22 heavy (non-hydrogen) atoms. The largest absolute Gasteiger partial charge is 0.406 e. The molecule has 0 heterocycles. The maximum atomic E-state index is 6.24. The minimum atomic E-state index is -2.05. The molecule has 0 aromatic heterocycles. The summed E-state index contributed by atoms with van der Waals surface area (Å²) in [4.78, 5) is 0. The average Bonchev–Trinajstić information content (AvgIpc) is 2.33. The van der Waals surface area contributed by atoms with E-state index in [2.05, 4.69) is 33.9 Å². The summed E-state index contributed by atoms with van der Waals surface area (Å²) in [7, 11) is -2.05. The second-order valence-corrected chi connectivity index (χ2v) is 14.3. The molecule has 0 spiro atoms. The van der Waals surface area contributed by atoms with Crippen LogP contribution in [-0.2, 0) is 4.43 Å². The lowest BCUT2D eigenvalue weighted by Crippen LogP contribution is -2.46. The predicted molar refractivity (Wildman–Crippen MR) is 103 cm³/mol. The van der Waals surface area contributed by atoms with Crippen LogP contribution >= 0.6 is 46.4 Å². The summed E-state index contributed by atoms with van der Waals surface area (Å²) in [5.74, 6) is 0. The Hall–Kier alpha value is 0.297. The van der Waals surface area contributed by atoms with Gasteiger partial charge in [0, 0.05) is 5.02 Å². The summed E-state index contributed by atoms with van der Waals surface area (Å²) in [6.45, 7) is 10.7. The van der Waals surface area contributed by atoms with Gasteiger partial charge in [-0.25, -0.2) is 0 Å². The maximum absolute atomic E-state index is 6.24. The molecule has 0 aliphatic rings. The topological polar surface area (TPSA) is 9.23 Å². The van der Waals surface area contributed by atoms with Crippen molar-refractivity contribution in [2.24, 2.45) is 0 Å². The molecule has 0 N–H and O–H groups in total. The van der Waals surface area contributed by atoms with Crippen molar-refractivity contribution in [3.05, 3.63) is 40.9 Å². The van der Waals surface area contributed by atoms with E-state index in [1.807, 2.05) is 30.3 Å². The van der Waals surface area contributed by atoms with Crippen LogP contribution in [0, 0.1) is 0 Å². The van der Waals surface area contributed by atoms with Crippen LogP contribution in [0.2, 0.25) is 23.2 Å². The van der Waals surface area contributed by atoms with Crippen molar-refractivity contribution < 1.29 is 4.43 Å². The maximum Gasteiger partial charge on any atom is 0.218 e. The highest BCUT2D eigenvalue weighted by Gasteiger charge is 2.43. The molecule has 124 valence electrons. The van der Waals surface area contributed by atoms with Crippen LogP contribution < -0.4 is 0 Å². The molecule has 0 saturated heterocycles. The number of alkyl halides is 3. The summed E-state index contributed by atoms with van der Waals surface area (Å²) in [6.07, 6.45) is 3.08. The highest BCUT2D eigenvalue weighted by molar-refractivity contribution is 6.74. The normalized spacial score (nSPS) is 15.3. The summed E-state index contributed by atoms with van der Waals surface area (Å²) < 4.78 is 4.73. The first-order chi connectivity index (χ1) is 9.83. The zero-order valence-corrected chi connectivity index (χ0v) is 17.5. The molecule has 0 fully saturated rings. The Kier molecular flexibility index (Phi) is 6.90. The molecule has 0 aliphatic heterocycles. The van der Waals surface area contributed by atoms with Gasteiger partial charge < -0.3 is 4.43 Å². The highest BCUT2D eigenvalue weighted by atomic mass is 35.6. The van der Waals surface area contributed by atoms with E-state index in [0.717, 1.165) is 5.56 Å². The molecule has 0 unspecified atom stereocenters. The Balaban J connectivity index is 2.98. The molecular weight excluding hydrogens is 378 g/mol. The third-order valence-corrected chi connectivity index (χ3v) is 9.24. The van der Waals surface area contributed by atoms with Crippen LogP contribution in [0.4, 0.5) is 0 Å². The van der Waals surface area contributed by atoms with Gasteiger partial charge in [-0.15, -0.1) is 0 Å². The number of hydrogen-bond acceptors (Lipinski definition) is 1. The fourth-order valence-electron chi connectivity index (χ4n) is 1.48. The summed E-state index contributed by atoms with van der Waals surface area (Å²) >= 11 is 24.2. The van der Waals surface area contributed by atoms with Crippen LogP contribution in [0.3, 0.4) is 0 Å². The van der Waals surface area contributed by atoms with E-state index in [4.69, 9.17) is 50.8 Å². The number of rotatable bonds is 4. The van der Waals surface area contributed by atoms with Gasteiger partial charge in [-0.3, -0.25) is 0 Å². The van der Waals surface area contributed by atoms with Gasteiger partial charge in [-0.2, -0.15) is 0 Å². The standard InChI is InChI=1S/C16H22Cl4OSi/c1-15(2,3)22(4,5)21-14(16(18,19)20)11-8-12-6-9-13(17)10-7-12/h6-11,14H,1-5H3/b11-8+/t14-/m0/s1. The Morgan fingerprint density at radius 3 is 1.95 bits per heavy atom. The second kappa shape index (κ2) is 7.46. The lowest BCUT2D eigenvalue weighted by atomic mass is 10.2. The van der Waals surface area contributed by atoms with Crippen molar-refractivity contribution in [2.75, 3.05) is 0 Å². The molecule has 0 amide bonds. The van der Waals surface area contributed by atoms with Gasteiger partial charge in [0.25, 0.3) is 0 Å². The Bertz CT molecular complexity index is 512. The van der Waals surface area contributed by atoms with Gasteiger partial charge in [-0.1, -0.05) is 91.5 Å². The molecule has 1 nitrogen and oxygen atoms in total.